The van der Waals surface area contributed by atoms with Gasteiger partial charge in [0.1, 0.15) is 17.3 Å². The van der Waals surface area contributed by atoms with E-state index in [2.05, 4.69) is 0 Å². The van der Waals surface area contributed by atoms with Crippen molar-refractivity contribution in [2.45, 2.75) is 39.2 Å². The SMILES string of the molecule is CCOc1ccc(/C(O)=C2/C(=O)C(=O)N(CCOC)C2c2ccc(O)cc2)cc1C(C)(C)C. The van der Waals surface area contributed by atoms with Crippen molar-refractivity contribution in [1.29, 1.82) is 0 Å². The van der Waals surface area contributed by atoms with Gasteiger partial charge in [-0.25, -0.2) is 0 Å². The van der Waals surface area contributed by atoms with Crippen LogP contribution in [-0.2, 0) is 19.7 Å². The van der Waals surface area contributed by atoms with E-state index < -0.39 is 17.7 Å². The van der Waals surface area contributed by atoms with E-state index in [1.807, 2.05) is 27.7 Å². The number of phenols is 1. The molecule has 33 heavy (non-hydrogen) atoms. The predicted molar refractivity (Wildman–Crippen MR) is 125 cm³/mol. The number of carbonyl (C=O) groups excluding carboxylic acids is 2. The van der Waals surface area contributed by atoms with Crippen LogP contribution < -0.4 is 4.74 Å². The van der Waals surface area contributed by atoms with Crippen molar-refractivity contribution in [1.82, 2.24) is 4.90 Å². The molecule has 7 nitrogen and oxygen atoms in total. The summed E-state index contributed by atoms with van der Waals surface area (Å²) in [5, 5.41) is 21.0. The van der Waals surface area contributed by atoms with E-state index in [1.54, 1.807) is 30.3 Å². The molecule has 2 aromatic rings. The average molecular weight is 454 g/mol. The van der Waals surface area contributed by atoms with Gasteiger partial charge in [0.15, 0.2) is 0 Å². The molecular weight excluding hydrogens is 422 g/mol. The molecule has 0 saturated carbocycles. The first-order valence-corrected chi connectivity index (χ1v) is 10.9. The number of aliphatic hydroxyl groups excluding tert-OH is 1. The average Bonchev–Trinajstić information content (AvgIpc) is 3.02. The zero-order valence-corrected chi connectivity index (χ0v) is 19.7. The molecule has 1 unspecified atom stereocenters. The fraction of sp³-hybridized carbons (Fsp3) is 0.385. The number of ketones is 1. The van der Waals surface area contributed by atoms with Crippen molar-refractivity contribution in [3.8, 4) is 11.5 Å². The van der Waals surface area contributed by atoms with E-state index in [1.165, 1.54) is 24.1 Å². The first kappa shape index (κ1) is 24.3. The number of nitrogens with zero attached hydrogens (tertiary/aromatic N) is 1. The van der Waals surface area contributed by atoms with Gasteiger partial charge in [0.2, 0.25) is 0 Å². The van der Waals surface area contributed by atoms with Crippen LogP contribution in [0.15, 0.2) is 48.0 Å². The van der Waals surface area contributed by atoms with Gasteiger partial charge in [-0.2, -0.15) is 0 Å². The monoisotopic (exact) mass is 453 g/mol. The lowest BCUT2D eigenvalue weighted by molar-refractivity contribution is -0.140. The van der Waals surface area contributed by atoms with E-state index >= 15 is 0 Å². The molecule has 7 heteroatoms. The summed E-state index contributed by atoms with van der Waals surface area (Å²) in [6.45, 7) is 8.93. The summed E-state index contributed by atoms with van der Waals surface area (Å²) in [4.78, 5) is 27.3. The molecule has 2 N–H and O–H groups in total. The van der Waals surface area contributed by atoms with Gasteiger partial charge < -0.3 is 24.6 Å². The molecule has 1 saturated heterocycles. The number of rotatable bonds is 7. The van der Waals surface area contributed by atoms with Crippen LogP contribution in [0.1, 0.15) is 50.4 Å². The lowest BCUT2D eigenvalue weighted by atomic mass is 9.84. The van der Waals surface area contributed by atoms with Gasteiger partial charge in [-0.15, -0.1) is 0 Å². The number of hydrogen-bond donors (Lipinski definition) is 2. The number of ether oxygens (including phenoxy) is 2. The lowest BCUT2D eigenvalue weighted by Crippen LogP contribution is -2.32. The highest BCUT2D eigenvalue weighted by atomic mass is 16.5. The zero-order valence-electron chi connectivity index (χ0n) is 19.7. The highest BCUT2D eigenvalue weighted by Crippen LogP contribution is 2.41. The number of phenolic OH excluding ortho intramolecular Hbond substituents is 1. The molecule has 0 bridgehead atoms. The molecule has 0 aliphatic carbocycles. The first-order valence-electron chi connectivity index (χ1n) is 10.9. The molecular formula is C26H31NO6. The number of amides is 1. The molecule has 1 amide bonds. The summed E-state index contributed by atoms with van der Waals surface area (Å²) >= 11 is 0. The summed E-state index contributed by atoms with van der Waals surface area (Å²) in [5.74, 6) is -0.937. The number of likely N-dealkylation sites (tertiary alicyclic amines) is 1. The molecule has 0 radical (unpaired) electrons. The molecule has 0 aromatic heterocycles. The van der Waals surface area contributed by atoms with Crippen LogP contribution in [0.25, 0.3) is 5.76 Å². The largest absolute Gasteiger partial charge is 0.508 e. The first-order chi connectivity index (χ1) is 15.6. The van der Waals surface area contributed by atoms with Crippen molar-refractivity contribution in [2.75, 3.05) is 26.9 Å². The van der Waals surface area contributed by atoms with Crippen LogP contribution in [0, 0.1) is 0 Å². The molecule has 1 aliphatic heterocycles. The summed E-state index contributed by atoms with van der Waals surface area (Å²) in [7, 11) is 1.51. The van der Waals surface area contributed by atoms with Gasteiger partial charge >= 0.3 is 0 Å². The Morgan fingerprint density at radius 3 is 2.33 bits per heavy atom. The summed E-state index contributed by atoms with van der Waals surface area (Å²) < 4.78 is 10.9. The Morgan fingerprint density at radius 1 is 1.09 bits per heavy atom. The van der Waals surface area contributed by atoms with Crippen molar-refractivity contribution in [2.24, 2.45) is 0 Å². The standard InChI is InChI=1S/C26H31NO6/c1-6-33-20-12-9-17(15-19(20)26(2,3)4)23(29)21-22(16-7-10-18(28)11-8-16)27(13-14-32-5)25(31)24(21)30/h7-12,15,22,28-29H,6,13-14H2,1-5H3/b23-21-. The van der Waals surface area contributed by atoms with Crippen LogP contribution in [0.3, 0.4) is 0 Å². The topological polar surface area (TPSA) is 96.3 Å². The summed E-state index contributed by atoms with van der Waals surface area (Å²) in [5.41, 5.74) is 1.64. The Morgan fingerprint density at radius 2 is 1.76 bits per heavy atom. The molecule has 2 aromatic carbocycles. The van der Waals surface area contributed by atoms with Gasteiger partial charge in [0.25, 0.3) is 11.7 Å². The van der Waals surface area contributed by atoms with Crippen LogP contribution in [-0.4, -0.2) is 53.7 Å². The highest BCUT2D eigenvalue weighted by molar-refractivity contribution is 6.46. The second kappa shape index (κ2) is 9.67. The van der Waals surface area contributed by atoms with Gasteiger partial charge in [-0.1, -0.05) is 32.9 Å². The normalized spacial score (nSPS) is 18.1. The molecule has 1 heterocycles. The quantitative estimate of drug-likeness (QED) is 0.371. The Labute approximate surface area is 194 Å². The second-order valence-electron chi connectivity index (χ2n) is 8.97. The minimum absolute atomic E-state index is 0.00538. The molecule has 1 aliphatic rings. The summed E-state index contributed by atoms with van der Waals surface area (Å²) in [6.07, 6.45) is 0. The maximum Gasteiger partial charge on any atom is 0.295 e. The minimum atomic E-state index is -0.801. The van der Waals surface area contributed by atoms with Crippen molar-refractivity contribution in [3.63, 3.8) is 0 Å². The van der Waals surface area contributed by atoms with E-state index in [9.17, 15) is 19.8 Å². The minimum Gasteiger partial charge on any atom is -0.508 e. The van der Waals surface area contributed by atoms with Crippen LogP contribution in [0.4, 0.5) is 0 Å². The smallest absolute Gasteiger partial charge is 0.295 e. The third kappa shape index (κ3) is 4.88. The Bertz CT molecular complexity index is 1070. The third-order valence-corrected chi connectivity index (χ3v) is 5.65. The van der Waals surface area contributed by atoms with Crippen molar-refractivity contribution < 1.29 is 29.3 Å². The maximum absolute atomic E-state index is 13.1. The Hall–Kier alpha value is -3.32. The molecule has 1 fully saturated rings. The molecule has 1 atom stereocenters. The Balaban J connectivity index is 2.19. The summed E-state index contributed by atoms with van der Waals surface area (Å²) in [6, 6.07) is 10.7. The van der Waals surface area contributed by atoms with E-state index in [-0.39, 0.29) is 35.6 Å². The predicted octanol–water partition coefficient (Wildman–Crippen LogP) is 4.16. The fourth-order valence-corrected chi connectivity index (χ4v) is 4.00. The lowest BCUT2D eigenvalue weighted by Gasteiger charge is -2.26. The van der Waals surface area contributed by atoms with E-state index in [0.29, 0.717) is 23.5 Å². The molecule has 176 valence electrons. The number of aliphatic hydroxyl groups is 1. The number of hydrogen-bond acceptors (Lipinski definition) is 6. The highest BCUT2D eigenvalue weighted by Gasteiger charge is 2.46. The third-order valence-electron chi connectivity index (χ3n) is 5.65. The molecule has 0 spiro atoms. The number of benzene rings is 2. The van der Waals surface area contributed by atoms with Gasteiger partial charge in [-0.05, 0) is 48.2 Å². The maximum atomic E-state index is 13.1. The Kier molecular flexibility index (Phi) is 7.12. The van der Waals surface area contributed by atoms with Gasteiger partial charge in [0.05, 0.1) is 24.8 Å². The number of carbonyl (C=O) groups is 2. The second-order valence-corrected chi connectivity index (χ2v) is 8.97. The number of aromatic hydroxyl groups is 1. The van der Waals surface area contributed by atoms with Crippen molar-refractivity contribution in [3.05, 3.63) is 64.7 Å². The van der Waals surface area contributed by atoms with E-state index in [4.69, 9.17) is 9.47 Å². The van der Waals surface area contributed by atoms with E-state index in [0.717, 1.165) is 5.56 Å². The molecule has 3 rings (SSSR count). The van der Waals surface area contributed by atoms with Crippen LogP contribution in [0.5, 0.6) is 11.5 Å². The fourth-order valence-electron chi connectivity index (χ4n) is 4.00. The number of Topliss-reactive ketones (excluding diaryl/α,β-unsaturated/α-hetero) is 1. The number of methoxy groups -OCH3 is 1. The van der Waals surface area contributed by atoms with Gasteiger partial charge in [-0.3, -0.25) is 9.59 Å². The van der Waals surface area contributed by atoms with Crippen LogP contribution >= 0.6 is 0 Å². The van der Waals surface area contributed by atoms with Crippen LogP contribution in [0.2, 0.25) is 0 Å². The van der Waals surface area contributed by atoms with Crippen molar-refractivity contribution >= 4 is 17.4 Å². The van der Waals surface area contributed by atoms with Gasteiger partial charge in [0, 0.05) is 24.8 Å². The zero-order chi connectivity index (χ0) is 24.3.